The molecule has 0 bridgehead atoms. The summed E-state index contributed by atoms with van der Waals surface area (Å²) in [5.41, 5.74) is 9.53. The number of benzene rings is 4. The topological polar surface area (TPSA) is 0 Å². The molecule has 2 heterocycles. The molecule has 42 heavy (non-hydrogen) atoms. The summed E-state index contributed by atoms with van der Waals surface area (Å²) in [5.74, 6) is 0. The first-order chi connectivity index (χ1) is 20.9. The van der Waals surface area contributed by atoms with Gasteiger partial charge in [0.1, 0.15) is 0 Å². The highest BCUT2D eigenvalue weighted by Crippen LogP contribution is 2.81. The molecule has 1 aliphatic carbocycles. The molecule has 2 saturated heterocycles. The van der Waals surface area contributed by atoms with Crippen molar-refractivity contribution < 1.29 is 0 Å². The van der Waals surface area contributed by atoms with Crippen LogP contribution in [0.3, 0.4) is 0 Å². The molecule has 2 heteroatoms. The van der Waals surface area contributed by atoms with Gasteiger partial charge < -0.3 is 0 Å². The van der Waals surface area contributed by atoms with Crippen LogP contribution < -0.4 is 0 Å². The molecule has 0 radical (unpaired) electrons. The Morgan fingerprint density at radius 3 is 1.26 bits per heavy atom. The first-order valence-electron chi connectivity index (χ1n) is 16.0. The summed E-state index contributed by atoms with van der Waals surface area (Å²) in [4.78, 5) is 0. The molecular weight excluding hydrogens is 542 g/mol. The van der Waals surface area contributed by atoms with E-state index in [1.807, 2.05) is 5.31 Å². The minimum Gasteiger partial charge on any atom is -0.0882 e. The Morgan fingerprint density at radius 1 is 0.405 bits per heavy atom. The van der Waals surface area contributed by atoms with Crippen LogP contribution in [0.25, 0.3) is 0 Å². The van der Waals surface area contributed by atoms with Crippen LogP contribution in [0.4, 0.5) is 0 Å². The van der Waals surface area contributed by atoms with Gasteiger partial charge >= 0.3 is 0 Å². The number of rotatable bonds is 6. The van der Waals surface area contributed by atoms with Crippen LogP contribution in [0.5, 0.6) is 0 Å². The molecule has 2 fully saturated rings. The second-order valence-corrected chi connectivity index (χ2v) is 17.5. The van der Waals surface area contributed by atoms with Gasteiger partial charge in [-0.05, 0) is 72.5 Å². The van der Waals surface area contributed by atoms with E-state index in [0.717, 1.165) is 0 Å². The quantitative estimate of drug-likeness (QED) is 0.156. The predicted molar refractivity (Wildman–Crippen MR) is 184 cm³/mol. The Bertz CT molecular complexity index is 1380. The summed E-state index contributed by atoms with van der Waals surface area (Å²) >= 11 is 0. The van der Waals surface area contributed by atoms with Gasteiger partial charge in [-0.3, -0.25) is 0 Å². The van der Waals surface area contributed by atoms with Crippen molar-refractivity contribution in [3.8, 4) is 0 Å². The van der Waals surface area contributed by atoms with E-state index in [4.69, 9.17) is 0 Å². The van der Waals surface area contributed by atoms with E-state index < -0.39 is 0 Å². The van der Waals surface area contributed by atoms with Crippen molar-refractivity contribution in [3.63, 3.8) is 0 Å². The lowest BCUT2D eigenvalue weighted by atomic mass is 10.0. The van der Waals surface area contributed by atoms with Crippen molar-refractivity contribution in [1.29, 1.82) is 0 Å². The molecule has 0 saturated carbocycles. The summed E-state index contributed by atoms with van der Waals surface area (Å²) < 4.78 is 0. The highest BCUT2D eigenvalue weighted by atomic mass is 31.1. The van der Waals surface area contributed by atoms with Crippen molar-refractivity contribution in [2.24, 2.45) is 0 Å². The van der Waals surface area contributed by atoms with E-state index in [1.54, 1.807) is 22.3 Å². The maximum Gasteiger partial charge on any atom is 0.00889 e. The normalized spacial score (nSPS) is 30.8. The van der Waals surface area contributed by atoms with Gasteiger partial charge in [0.25, 0.3) is 0 Å². The first kappa shape index (κ1) is 28.0. The number of hydrogen-bond donors (Lipinski definition) is 0. The minimum atomic E-state index is -0.359. The fraction of sp³-hybridized carbons (Fsp3) is 0.300. The molecule has 4 aromatic carbocycles. The summed E-state index contributed by atoms with van der Waals surface area (Å²) in [6.45, 7) is 0. The summed E-state index contributed by atoms with van der Waals surface area (Å²) in [7, 11) is -0.666. The van der Waals surface area contributed by atoms with E-state index in [-0.39, 0.29) is 15.8 Å². The van der Waals surface area contributed by atoms with E-state index in [0.29, 0.717) is 28.3 Å². The Kier molecular flexibility index (Phi) is 8.84. The van der Waals surface area contributed by atoms with E-state index in [2.05, 4.69) is 140 Å². The smallest absolute Gasteiger partial charge is 0.00889 e. The van der Waals surface area contributed by atoms with Crippen molar-refractivity contribution >= 4 is 15.8 Å². The fourth-order valence-corrected chi connectivity index (χ4v) is 16.5. The molecule has 0 nitrogen and oxygen atoms in total. The molecule has 212 valence electrons. The van der Waals surface area contributed by atoms with Gasteiger partial charge in [-0.25, -0.2) is 0 Å². The zero-order valence-corrected chi connectivity index (χ0v) is 26.3. The van der Waals surface area contributed by atoms with Crippen LogP contribution >= 0.6 is 15.8 Å². The number of allylic oxidation sites excluding steroid dienone is 4. The van der Waals surface area contributed by atoms with Crippen molar-refractivity contribution in [3.05, 3.63) is 167 Å². The Balaban J connectivity index is 1.36. The van der Waals surface area contributed by atoms with Crippen LogP contribution in [0, 0.1) is 0 Å². The van der Waals surface area contributed by atoms with Gasteiger partial charge in [-0.15, -0.1) is 0 Å². The second kappa shape index (κ2) is 13.2. The maximum atomic E-state index is 2.78. The molecule has 0 amide bonds. The first-order valence-corrected chi connectivity index (χ1v) is 19.0. The third-order valence-corrected chi connectivity index (χ3v) is 17.3. The van der Waals surface area contributed by atoms with Crippen LogP contribution in [0.2, 0.25) is 0 Å². The third kappa shape index (κ3) is 5.74. The lowest BCUT2D eigenvalue weighted by Crippen LogP contribution is -2.15. The monoisotopic (exact) mass is 584 g/mol. The van der Waals surface area contributed by atoms with Gasteiger partial charge in [-0.2, -0.15) is 0 Å². The van der Waals surface area contributed by atoms with E-state index in [9.17, 15) is 0 Å². The lowest BCUT2D eigenvalue weighted by molar-refractivity contribution is 0.765. The lowest BCUT2D eigenvalue weighted by Gasteiger charge is -2.41. The molecule has 7 rings (SSSR count). The van der Waals surface area contributed by atoms with Crippen LogP contribution in [0.1, 0.15) is 89.8 Å². The van der Waals surface area contributed by atoms with Crippen molar-refractivity contribution in [2.45, 2.75) is 73.2 Å². The van der Waals surface area contributed by atoms with Crippen LogP contribution in [-0.4, -0.2) is 5.66 Å². The number of hydrogen-bond acceptors (Lipinski definition) is 0. The van der Waals surface area contributed by atoms with E-state index >= 15 is 0 Å². The molecule has 0 N–H and O–H groups in total. The average molecular weight is 585 g/mol. The molecule has 4 aromatic rings. The predicted octanol–water partition coefficient (Wildman–Crippen LogP) is 12.5. The minimum absolute atomic E-state index is 0.306. The Morgan fingerprint density at radius 2 is 0.810 bits per heavy atom. The molecule has 0 spiro atoms. The standard InChI is InChI=1S/C40H42P2/c1-2-16-26-40(42-37(33-21-11-5-12-22-33)29-30-38(42)34-23-13-6-14-24-34)39(25-15-1)41-35(31-17-7-3-8-18-31)27-28-36(41)32-19-9-4-10-20-32/h1,3-15,17-24,26,35-39H,2,16,25,27-30H2/b15-1?,40-26+/t35?,36?,37-,38?,39-,41?,42?/m0/s1. The highest BCUT2D eigenvalue weighted by molar-refractivity contribution is 7.66. The van der Waals surface area contributed by atoms with Gasteiger partial charge in [-0.1, -0.05) is 155 Å². The summed E-state index contributed by atoms with van der Waals surface area (Å²) in [5, 5.41) is 1.87. The van der Waals surface area contributed by atoms with Gasteiger partial charge in [0.05, 0.1) is 0 Å². The molecule has 4 unspecified atom stereocenters. The van der Waals surface area contributed by atoms with E-state index in [1.165, 1.54) is 44.9 Å². The summed E-state index contributed by atoms with van der Waals surface area (Å²) in [6.07, 6.45) is 16.6. The zero-order valence-electron chi connectivity index (χ0n) is 24.5. The second-order valence-electron chi connectivity index (χ2n) is 12.1. The SMILES string of the molecule is C1=CC[C@H](P2C(c3ccccc3)CCC2c2ccccc2)/C(P2C(c3ccccc3)CC[C@H]2c2ccccc2)=C\CC1. The van der Waals surface area contributed by atoms with Crippen molar-refractivity contribution in [2.75, 3.05) is 0 Å². The third-order valence-electron chi connectivity index (χ3n) is 9.77. The molecule has 3 aliphatic rings. The van der Waals surface area contributed by atoms with Crippen molar-refractivity contribution in [1.82, 2.24) is 0 Å². The van der Waals surface area contributed by atoms with Gasteiger partial charge in [0, 0.05) is 28.3 Å². The largest absolute Gasteiger partial charge is 0.0882 e. The fourth-order valence-electron chi connectivity index (χ4n) is 7.95. The molecule has 6 atom stereocenters. The Labute approximate surface area is 255 Å². The van der Waals surface area contributed by atoms with Crippen LogP contribution in [-0.2, 0) is 0 Å². The Hall–Kier alpha value is -2.78. The van der Waals surface area contributed by atoms with Gasteiger partial charge in [0.2, 0.25) is 0 Å². The molecule has 2 aliphatic heterocycles. The van der Waals surface area contributed by atoms with Gasteiger partial charge in [0.15, 0.2) is 0 Å². The summed E-state index contributed by atoms with van der Waals surface area (Å²) in [6, 6.07) is 46.3. The molecular formula is C40H42P2. The maximum absolute atomic E-state index is 2.78. The van der Waals surface area contributed by atoms with Crippen LogP contribution in [0.15, 0.2) is 145 Å². The zero-order chi connectivity index (χ0) is 28.1. The molecule has 0 aromatic heterocycles. The highest BCUT2D eigenvalue weighted by Gasteiger charge is 2.47. The average Bonchev–Trinajstić information content (AvgIpc) is 3.68.